The zero-order valence-electron chi connectivity index (χ0n) is 16.1. The number of hydrogen-bond acceptors (Lipinski definition) is 2. The van der Waals surface area contributed by atoms with Crippen molar-refractivity contribution in [2.75, 3.05) is 19.6 Å². The number of nitrogens with zero attached hydrogens (tertiary/aromatic N) is 1. The quantitative estimate of drug-likeness (QED) is 0.745. The molecule has 0 radical (unpaired) electrons. The molecule has 0 saturated carbocycles. The molecule has 26 heavy (non-hydrogen) atoms. The molecule has 0 aromatic heterocycles. The van der Waals surface area contributed by atoms with Crippen LogP contribution in [0, 0.1) is 17.7 Å². The maximum Gasteiger partial charge on any atom is 0.225 e. The van der Waals surface area contributed by atoms with Gasteiger partial charge in [-0.3, -0.25) is 4.79 Å². The van der Waals surface area contributed by atoms with Crippen LogP contribution in [-0.2, 0) is 4.79 Å². The Morgan fingerprint density at radius 3 is 2.65 bits per heavy atom. The van der Waals surface area contributed by atoms with Crippen LogP contribution in [-0.4, -0.2) is 41.6 Å². The Morgan fingerprint density at radius 1 is 1.31 bits per heavy atom. The molecule has 1 heterocycles. The normalized spacial score (nSPS) is 19.9. The van der Waals surface area contributed by atoms with Crippen LogP contribution in [0.5, 0.6) is 0 Å². The largest absolute Gasteiger partial charge is 0.360 e. The van der Waals surface area contributed by atoms with Crippen LogP contribution in [0.4, 0.5) is 4.39 Å². The molecule has 2 atom stereocenters. The molecule has 1 amide bonds. The first-order valence-electron chi connectivity index (χ1n) is 9.36. The number of rotatable bonds is 6. The van der Waals surface area contributed by atoms with Gasteiger partial charge >= 0.3 is 0 Å². The number of benzene rings is 1. The van der Waals surface area contributed by atoms with Gasteiger partial charge in [0.2, 0.25) is 5.91 Å². The molecule has 1 saturated heterocycles. The van der Waals surface area contributed by atoms with E-state index in [2.05, 4.69) is 24.5 Å². The Balaban J connectivity index is 2.14. The van der Waals surface area contributed by atoms with Gasteiger partial charge in [-0.25, -0.2) is 4.39 Å². The fourth-order valence-electron chi connectivity index (χ4n) is 3.26. The molecule has 1 aromatic rings. The fraction of sp³-hybridized carbons (Fsp3) is 0.600. The van der Waals surface area contributed by atoms with Gasteiger partial charge < -0.3 is 15.5 Å². The van der Waals surface area contributed by atoms with Crippen LogP contribution in [0.3, 0.4) is 0 Å². The number of carbonyl (C=O) groups excluding carboxylic acids is 1. The second-order valence-corrected chi connectivity index (χ2v) is 8.14. The molecule has 4 nitrogen and oxygen atoms in total. The van der Waals surface area contributed by atoms with E-state index in [4.69, 9.17) is 12.2 Å². The Bertz CT molecular complexity index is 635. The first-order valence-corrected chi connectivity index (χ1v) is 9.77. The number of amides is 1. The van der Waals surface area contributed by atoms with E-state index in [1.807, 2.05) is 24.8 Å². The van der Waals surface area contributed by atoms with E-state index in [0.717, 1.165) is 12.0 Å². The third-order valence-electron chi connectivity index (χ3n) is 4.65. The number of halogens is 1. The average Bonchev–Trinajstić information content (AvgIpc) is 2.99. The van der Waals surface area contributed by atoms with Gasteiger partial charge in [-0.1, -0.05) is 26.0 Å². The van der Waals surface area contributed by atoms with Crippen LogP contribution >= 0.6 is 12.2 Å². The predicted molar refractivity (Wildman–Crippen MR) is 108 cm³/mol. The van der Waals surface area contributed by atoms with Crippen LogP contribution in [0.15, 0.2) is 24.3 Å². The molecule has 2 rings (SSSR count). The summed E-state index contributed by atoms with van der Waals surface area (Å²) in [6.07, 6.45) is 0.945. The standard InChI is InChI=1S/C20H30FN3OS/c1-13(2)8-9-22-19(25)18-12-24(20(26)23-14(3)4)11-17(18)15-6-5-7-16(21)10-15/h5-7,10,13-14,17-18H,8-9,11-12H2,1-4H3,(H,22,25)(H,23,26)/t17-,18+/m1/s1. The lowest BCUT2D eigenvalue weighted by Gasteiger charge is -2.22. The van der Waals surface area contributed by atoms with Crippen molar-refractivity contribution in [1.82, 2.24) is 15.5 Å². The molecule has 0 spiro atoms. The molecule has 1 aromatic carbocycles. The Hall–Kier alpha value is -1.69. The maximum atomic E-state index is 13.7. The van der Waals surface area contributed by atoms with Gasteiger partial charge in [-0.15, -0.1) is 0 Å². The average molecular weight is 380 g/mol. The molecule has 6 heteroatoms. The van der Waals surface area contributed by atoms with Crippen molar-refractivity contribution < 1.29 is 9.18 Å². The zero-order valence-corrected chi connectivity index (χ0v) is 16.9. The van der Waals surface area contributed by atoms with E-state index in [-0.39, 0.29) is 29.6 Å². The molecule has 0 aliphatic carbocycles. The number of nitrogens with one attached hydrogen (secondary N) is 2. The van der Waals surface area contributed by atoms with Gasteiger partial charge in [-0.2, -0.15) is 0 Å². The van der Waals surface area contributed by atoms with Crippen molar-refractivity contribution in [3.63, 3.8) is 0 Å². The highest BCUT2D eigenvalue weighted by molar-refractivity contribution is 7.80. The van der Waals surface area contributed by atoms with Crippen LogP contribution in [0.25, 0.3) is 0 Å². The van der Waals surface area contributed by atoms with E-state index in [0.29, 0.717) is 30.7 Å². The summed E-state index contributed by atoms with van der Waals surface area (Å²) < 4.78 is 13.7. The lowest BCUT2D eigenvalue weighted by molar-refractivity contribution is -0.124. The fourth-order valence-corrected chi connectivity index (χ4v) is 3.65. The smallest absolute Gasteiger partial charge is 0.225 e. The lowest BCUT2D eigenvalue weighted by atomic mass is 9.88. The Labute approximate surface area is 161 Å². The van der Waals surface area contributed by atoms with E-state index in [9.17, 15) is 9.18 Å². The lowest BCUT2D eigenvalue weighted by Crippen LogP contribution is -2.42. The number of carbonyl (C=O) groups is 1. The summed E-state index contributed by atoms with van der Waals surface area (Å²) in [6, 6.07) is 6.78. The van der Waals surface area contributed by atoms with Crippen molar-refractivity contribution in [2.45, 2.75) is 46.1 Å². The second-order valence-electron chi connectivity index (χ2n) is 7.75. The van der Waals surface area contributed by atoms with Crippen LogP contribution in [0.2, 0.25) is 0 Å². The molecule has 1 aliphatic rings. The molecular weight excluding hydrogens is 349 g/mol. The first kappa shape index (κ1) is 20.6. The third kappa shape index (κ3) is 5.66. The van der Waals surface area contributed by atoms with E-state index in [1.165, 1.54) is 12.1 Å². The van der Waals surface area contributed by atoms with Gasteiger partial charge in [0.1, 0.15) is 5.82 Å². The van der Waals surface area contributed by atoms with Gasteiger partial charge in [-0.05, 0) is 56.1 Å². The predicted octanol–water partition coefficient (Wildman–Crippen LogP) is 3.29. The topological polar surface area (TPSA) is 44.4 Å². The highest BCUT2D eigenvalue weighted by Crippen LogP contribution is 2.33. The molecule has 144 valence electrons. The second kappa shape index (κ2) is 9.31. The Kier molecular flexibility index (Phi) is 7.38. The van der Waals surface area contributed by atoms with Gasteiger partial charge in [0, 0.05) is 31.6 Å². The summed E-state index contributed by atoms with van der Waals surface area (Å²) >= 11 is 5.49. The van der Waals surface area contributed by atoms with Crippen molar-refractivity contribution in [3.05, 3.63) is 35.6 Å². The molecule has 2 N–H and O–H groups in total. The monoisotopic (exact) mass is 379 g/mol. The minimum atomic E-state index is -0.275. The van der Waals surface area contributed by atoms with Gasteiger partial charge in [0.15, 0.2) is 5.11 Å². The van der Waals surface area contributed by atoms with Gasteiger partial charge in [0.05, 0.1) is 5.92 Å². The van der Waals surface area contributed by atoms with Crippen molar-refractivity contribution >= 4 is 23.2 Å². The summed E-state index contributed by atoms with van der Waals surface area (Å²) in [5, 5.41) is 6.94. The molecular formula is C20H30FN3OS. The van der Waals surface area contributed by atoms with Crippen LogP contribution in [0.1, 0.15) is 45.6 Å². The third-order valence-corrected chi connectivity index (χ3v) is 5.03. The molecule has 1 fully saturated rings. The summed E-state index contributed by atoms with van der Waals surface area (Å²) in [5.74, 6) is -0.0256. The minimum absolute atomic E-state index is 0.0229. The first-order chi connectivity index (χ1) is 12.3. The number of thiocarbonyl (C=S) groups is 1. The molecule has 0 unspecified atom stereocenters. The van der Waals surface area contributed by atoms with E-state index < -0.39 is 0 Å². The summed E-state index contributed by atoms with van der Waals surface area (Å²) in [4.78, 5) is 14.8. The van der Waals surface area contributed by atoms with Gasteiger partial charge in [0.25, 0.3) is 0 Å². The molecule has 0 bridgehead atoms. The zero-order chi connectivity index (χ0) is 19.3. The van der Waals surface area contributed by atoms with E-state index in [1.54, 1.807) is 6.07 Å². The van der Waals surface area contributed by atoms with Crippen molar-refractivity contribution in [1.29, 1.82) is 0 Å². The molecule has 1 aliphatic heterocycles. The number of hydrogen-bond donors (Lipinski definition) is 2. The minimum Gasteiger partial charge on any atom is -0.360 e. The summed E-state index contributed by atoms with van der Waals surface area (Å²) in [6.45, 7) is 10.2. The number of likely N-dealkylation sites (tertiary alicyclic amines) is 1. The van der Waals surface area contributed by atoms with Crippen molar-refractivity contribution in [3.8, 4) is 0 Å². The SMILES string of the molecule is CC(C)CCNC(=O)[C@H]1CN(C(=S)NC(C)C)C[C@@H]1c1cccc(F)c1. The van der Waals surface area contributed by atoms with E-state index >= 15 is 0 Å². The maximum absolute atomic E-state index is 13.7. The highest BCUT2D eigenvalue weighted by atomic mass is 32.1. The highest BCUT2D eigenvalue weighted by Gasteiger charge is 2.39. The Morgan fingerprint density at radius 2 is 2.04 bits per heavy atom. The van der Waals surface area contributed by atoms with Crippen LogP contribution < -0.4 is 10.6 Å². The van der Waals surface area contributed by atoms with Crippen molar-refractivity contribution in [2.24, 2.45) is 11.8 Å². The summed E-state index contributed by atoms with van der Waals surface area (Å²) in [5.41, 5.74) is 0.851. The summed E-state index contributed by atoms with van der Waals surface area (Å²) in [7, 11) is 0.